The quantitative estimate of drug-likeness (QED) is 0.192. The molecule has 0 saturated carbocycles. The van der Waals surface area contributed by atoms with Crippen molar-refractivity contribution in [3.8, 4) is 0 Å². The van der Waals surface area contributed by atoms with Crippen molar-refractivity contribution in [2.24, 2.45) is 0 Å². The van der Waals surface area contributed by atoms with E-state index in [9.17, 15) is 9.59 Å². The van der Waals surface area contributed by atoms with Crippen molar-refractivity contribution in [1.82, 2.24) is 0 Å². The van der Waals surface area contributed by atoms with Gasteiger partial charge in [0.1, 0.15) is 11.9 Å². The van der Waals surface area contributed by atoms with Crippen LogP contribution in [0, 0.1) is 0 Å². The summed E-state index contributed by atoms with van der Waals surface area (Å²) in [5, 5.41) is 8.49. The van der Waals surface area contributed by atoms with Gasteiger partial charge in [0.05, 0.1) is 5.57 Å². The summed E-state index contributed by atoms with van der Waals surface area (Å²) in [6, 6.07) is 0. The zero-order valence-electron chi connectivity index (χ0n) is 12.7. The molecule has 0 aliphatic heterocycles. The maximum Gasteiger partial charge on any atom is 0.509 e. The van der Waals surface area contributed by atoms with Gasteiger partial charge in [0, 0.05) is 13.8 Å². The summed E-state index contributed by atoms with van der Waals surface area (Å²) in [6.45, 7) is 9.66. The molecule has 20 heavy (non-hydrogen) atoms. The van der Waals surface area contributed by atoms with Gasteiger partial charge in [-0.25, -0.2) is 9.59 Å². The van der Waals surface area contributed by atoms with E-state index in [-0.39, 0.29) is 5.57 Å². The zero-order valence-corrected chi connectivity index (χ0v) is 12.7. The fourth-order valence-corrected chi connectivity index (χ4v) is 0.868. The third kappa shape index (κ3) is 7.63. The SMILES string of the molecule is CCC(C)(C)OOC=C(C)C(=O)OC(C)(C)OC(=O)O. The largest absolute Gasteiger partial charge is 0.509 e. The predicted molar refractivity (Wildman–Crippen MR) is 69.6 cm³/mol. The van der Waals surface area contributed by atoms with Crippen LogP contribution in [0.25, 0.3) is 0 Å². The molecule has 0 aliphatic carbocycles. The third-order valence-corrected chi connectivity index (χ3v) is 2.34. The average Bonchev–Trinajstić information content (AvgIpc) is 2.26. The molecule has 1 N–H and O–H groups in total. The van der Waals surface area contributed by atoms with E-state index in [0.29, 0.717) is 0 Å². The van der Waals surface area contributed by atoms with Gasteiger partial charge in [-0.05, 0) is 27.2 Å². The second-order valence-electron chi connectivity index (χ2n) is 5.25. The first-order valence-corrected chi connectivity index (χ1v) is 6.15. The first-order valence-electron chi connectivity index (χ1n) is 6.15. The molecule has 0 aliphatic rings. The number of rotatable bonds is 7. The number of hydrogen-bond donors (Lipinski definition) is 1. The van der Waals surface area contributed by atoms with Gasteiger partial charge in [-0.2, -0.15) is 4.89 Å². The summed E-state index contributed by atoms with van der Waals surface area (Å²) in [6.07, 6.45) is 0.286. The van der Waals surface area contributed by atoms with Gasteiger partial charge < -0.3 is 19.5 Å². The minimum absolute atomic E-state index is 0.110. The summed E-state index contributed by atoms with van der Waals surface area (Å²) in [4.78, 5) is 32.0. The van der Waals surface area contributed by atoms with E-state index in [0.717, 1.165) is 12.7 Å². The lowest BCUT2D eigenvalue weighted by Crippen LogP contribution is -2.33. The zero-order chi connectivity index (χ0) is 16.0. The summed E-state index contributed by atoms with van der Waals surface area (Å²) in [7, 11) is 0. The van der Waals surface area contributed by atoms with Crippen LogP contribution in [0.1, 0.15) is 48.0 Å². The fraction of sp³-hybridized carbons (Fsp3) is 0.692. The van der Waals surface area contributed by atoms with Gasteiger partial charge >= 0.3 is 12.1 Å². The van der Waals surface area contributed by atoms with Crippen LogP contribution in [0.2, 0.25) is 0 Å². The molecule has 0 unspecified atom stereocenters. The summed E-state index contributed by atoms with van der Waals surface area (Å²) >= 11 is 0. The average molecular weight is 290 g/mol. The Kier molecular flexibility index (Phi) is 6.51. The molecule has 0 fully saturated rings. The lowest BCUT2D eigenvalue weighted by molar-refractivity contribution is -0.317. The summed E-state index contributed by atoms with van der Waals surface area (Å²) in [5.74, 6) is -2.35. The first kappa shape index (κ1) is 18.2. The van der Waals surface area contributed by atoms with Crippen molar-refractivity contribution in [2.75, 3.05) is 0 Å². The van der Waals surface area contributed by atoms with Gasteiger partial charge in [0.15, 0.2) is 0 Å². The highest BCUT2D eigenvalue weighted by Crippen LogP contribution is 2.16. The van der Waals surface area contributed by atoms with Crippen molar-refractivity contribution in [3.05, 3.63) is 11.8 Å². The molecular weight excluding hydrogens is 268 g/mol. The molecule has 0 amide bonds. The van der Waals surface area contributed by atoms with Crippen molar-refractivity contribution in [3.63, 3.8) is 0 Å². The Hall–Kier alpha value is -1.76. The maximum atomic E-state index is 11.7. The fourth-order valence-electron chi connectivity index (χ4n) is 0.868. The number of ether oxygens (including phenoxy) is 2. The van der Waals surface area contributed by atoms with Crippen LogP contribution < -0.4 is 0 Å². The second-order valence-corrected chi connectivity index (χ2v) is 5.25. The van der Waals surface area contributed by atoms with E-state index in [4.69, 9.17) is 19.6 Å². The van der Waals surface area contributed by atoms with E-state index in [1.807, 2.05) is 20.8 Å². The van der Waals surface area contributed by atoms with Crippen LogP contribution in [-0.2, 0) is 24.0 Å². The van der Waals surface area contributed by atoms with Crippen molar-refractivity contribution < 1.29 is 33.9 Å². The smallest absolute Gasteiger partial charge is 0.450 e. The molecule has 0 radical (unpaired) electrons. The van der Waals surface area contributed by atoms with Crippen molar-refractivity contribution in [1.29, 1.82) is 0 Å². The number of carboxylic acid groups (broad SMARTS) is 1. The van der Waals surface area contributed by atoms with E-state index >= 15 is 0 Å². The molecule has 116 valence electrons. The maximum absolute atomic E-state index is 11.7. The number of carbonyl (C=O) groups excluding carboxylic acids is 1. The van der Waals surface area contributed by atoms with Crippen LogP contribution in [0.4, 0.5) is 4.79 Å². The summed E-state index contributed by atoms with van der Waals surface area (Å²) in [5.41, 5.74) is -0.370. The van der Waals surface area contributed by atoms with Crippen LogP contribution >= 0.6 is 0 Å². The highest BCUT2D eigenvalue weighted by molar-refractivity contribution is 5.87. The Morgan fingerprint density at radius 1 is 1.15 bits per heavy atom. The van der Waals surface area contributed by atoms with E-state index in [1.165, 1.54) is 20.8 Å². The van der Waals surface area contributed by atoms with Crippen molar-refractivity contribution >= 4 is 12.1 Å². The van der Waals surface area contributed by atoms with Gasteiger partial charge in [-0.15, -0.1) is 0 Å². The van der Waals surface area contributed by atoms with Crippen molar-refractivity contribution in [2.45, 2.75) is 59.4 Å². The molecule has 0 aromatic rings. The third-order valence-electron chi connectivity index (χ3n) is 2.34. The molecule has 0 rings (SSSR count). The van der Waals surface area contributed by atoms with Gasteiger partial charge in [0.25, 0.3) is 5.79 Å². The topological polar surface area (TPSA) is 91.3 Å². The number of carbonyl (C=O) groups is 2. The Labute approximate surface area is 118 Å². The molecule has 0 spiro atoms. The van der Waals surface area contributed by atoms with Crippen LogP contribution in [0.3, 0.4) is 0 Å². The van der Waals surface area contributed by atoms with E-state index < -0.39 is 23.5 Å². The van der Waals surface area contributed by atoms with E-state index in [1.54, 1.807) is 0 Å². The number of esters is 1. The first-order chi connectivity index (χ1) is 8.99. The standard InChI is InChI=1S/C13H22O7/c1-7-12(3,4)20-17-8-9(2)10(14)18-13(5,6)19-11(15)16/h8H,7H2,1-6H3,(H,15,16). The lowest BCUT2D eigenvalue weighted by atomic mass is 10.1. The van der Waals surface area contributed by atoms with Crippen LogP contribution in [0.15, 0.2) is 11.8 Å². The Morgan fingerprint density at radius 3 is 2.15 bits per heavy atom. The highest BCUT2D eigenvalue weighted by Gasteiger charge is 2.28. The molecule has 0 saturated heterocycles. The molecular formula is C13H22O7. The van der Waals surface area contributed by atoms with Gasteiger partial charge in [-0.1, -0.05) is 6.92 Å². The van der Waals surface area contributed by atoms with E-state index in [2.05, 4.69) is 4.74 Å². The van der Waals surface area contributed by atoms with Gasteiger partial charge in [0.2, 0.25) is 0 Å². The normalized spacial score (nSPS) is 12.8. The highest BCUT2D eigenvalue weighted by atomic mass is 17.2. The second kappa shape index (κ2) is 7.14. The molecule has 0 aromatic heterocycles. The monoisotopic (exact) mass is 290 g/mol. The molecule has 0 heterocycles. The van der Waals surface area contributed by atoms with Gasteiger partial charge in [-0.3, -0.25) is 0 Å². The minimum atomic E-state index is -1.58. The summed E-state index contributed by atoms with van der Waals surface area (Å²) < 4.78 is 9.28. The number of hydrogen-bond acceptors (Lipinski definition) is 6. The molecule has 7 nitrogen and oxygen atoms in total. The molecule has 7 heteroatoms. The Morgan fingerprint density at radius 2 is 1.70 bits per heavy atom. The molecule has 0 atom stereocenters. The Balaban J connectivity index is 4.44. The molecule has 0 bridgehead atoms. The molecule has 0 aromatic carbocycles. The predicted octanol–water partition coefficient (Wildman–Crippen LogP) is 3.00. The van der Waals surface area contributed by atoms with Crippen LogP contribution in [0.5, 0.6) is 0 Å². The Bertz CT molecular complexity index is 382. The minimum Gasteiger partial charge on any atom is -0.450 e. The lowest BCUT2D eigenvalue weighted by Gasteiger charge is -2.23. The van der Waals surface area contributed by atoms with Crippen LogP contribution in [-0.4, -0.2) is 28.6 Å².